The van der Waals surface area contributed by atoms with E-state index in [2.05, 4.69) is 55.6 Å². The van der Waals surface area contributed by atoms with E-state index in [9.17, 15) is 5.26 Å². The van der Waals surface area contributed by atoms with Crippen LogP contribution in [-0.4, -0.2) is 13.1 Å². The summed E-state index contributed by atoms with van der Waals surface area (Å²) in [7, 11) is 0. The smallest absolute Gasteiger partial charge is 0.269 e. The van der Waals surface area contributed by atoms with E-state index in [0.717, 1.165) is 31.5 Å². The van der Waals surface area contributed by atoms with Gasteiger partial charge in [-0.1, -0.05) is 33.8 Å². The Hall–Kier alpha value is -3.24. The van der Waals surface area contributed by atoms with Gasteiger partial charge >= 0.3 is 0 Å². The normalized spacial score (nSPS) is 22.5. The first kappa shape index (κ1) is 21.0. The fourth-order valence-corrected chi connectivity index (χ4v) is 4.96. The maximum Gasteiger partial charge on any atom is 0.269 e. The van der Waals surface area contributed by atoms with Crippen LogP contribution in [0.2, 0.25) is 0 Å². The topological polar surface area (TPSA) is 40.6 Å². The van der Waals surface area contributed by atoms with Crippen molar-refractivity contribution in [2.24, 2.45) is 5.41 Å². The quantitative estimate of drug-likeness (QED) is 0.424. The van der Waals surface area contributed by atoms with E-state index < -0.39 is 0 Å². The lowest BCUT2D eigenvalue weighted by molar-refractivity contribution is 0.318. The molecule has 0 aliphatic carbocycles. The number of nitrogens with zero attached hydrogens (tertiary/aromatic N) is 3. The molecule has 1 aromatic carbocycles. The minimum Gasteiger partial charge on any atom is -0.462 e. The summed E-state index contributed by atoms with van der Waals surface area (Å²) in [4.78, 5) is 5.91. The predicted molar refractivity (Wildman–Crippen MR) is 125 cm³/mol. The summed E-state index contributed by atoms with van der Waals surface area (Å²) in [5.74, 6) is 1.31. The van der Waals surface area contributed by atoms with Crippen LogP contribution in [0, 0.1) is 23.3 Å². The second-order valence-corrected chi connectivity index (χ2v) is 10.2. The van der Waals surface area contributed by atoms with Gasteiger partial charge in [-0.25, -0.2) is 10.1 Å². The van der Waals surface area contributed by atoms with Crippen LogP contribution in [0.25, 0.3) is 10.9 Å². The van der Waals surface area contributed by atoms with Gasteiger partial charge in [0.15, 0.2) is 0 Å². The highest BCUT2D eigenvalue weighted by Gasteiger charge is 2.39. The molecule has 1 aromatic rings. The summed E-state index contributed by atoms with van der Waals surface area (Å²) in [5, 5.41) is 9.20. The Kier molecular flexibility index (Phi) is 5.06. The summed E-state index contributed by atoms with van der Waals surface area (Å²) < 4.78 is 5.83. The van der Waals surface area contributed by atoms with Gasteiger partial charge in [0.25, 0.3) is 5.70 Å². The van der Waals surface area contributed by atoms with E-state index in [1.807, 2.05) is 19.1 Å². The summed E-state index contributed by atoms with van der Waals surface area (Å²) in [6, 6.07) is 6.60. The molecule has 0 saturated heterocycles. The van der Waals surface area contributed by atoms with Gasteiger partial charge < -0.3 is 9.64 Å². The molecule has 4 rings (SSSR count). The third kappa shape index (κ3) is 4.04. The van der Waals surface area contributed by atoms with Gasteiger partial charge in [-0.3, -0.25) is 0 Å². The van der Waals surface area contributed by atoms with Crippen molar-refractivity contribution >= 4 is 11.8 Å². The Labute approximate surface area is 185 Å². The lowest BCUT2D eigenvalue weighted by atomic mass is 9.71. The molecule has 3 heterocycles. The third-order valence-electron chi connectivity index (χ3n) is 6.42. The highest BCUT2D eigenvalue weighted by atomic mass is 16.5. The number of nitriles is 1. The van der Waals surface area contributed by atoms with Crippen LogP contribution in [0.5, 0.6) is 0 Å². The number of benzene rings is 1. The fourth-order valence-electron chi connectivity index (χ4n) is 4.96. The average molecular weight is 412 g/mol. The van der Waals surface area contributed by atoms with E-state index in [1.165, 1.54) is 16.8 Å². The zero-order valence-corrected chi connectivity index (χ0v) is 19.0. The SMILES string of the molecule is [C-]#[N+]C(C#N)=C1C=C(C)OC(C=Cc2cc3c4c(c2)C(C)(C)CCN4CC(C)(C)C3)=C1. The molecule has 0 bridgehead atoms. The molecular formula is C27H29N3O. The fraction of sp³-hybridized carbons (Fsp3) is 0.407. The van der Waals surface area contributed by atoms with Crippen molar-refractivity contribution in [2.45, 2.75) is 52.9 Å². The molecule has 4 heteroatoms. The lowest BCUT2D eigenvalue weighted by Gasteiger charge is -2.48. The second kappa shape index (κ2) is 7.47. The average Bonchev–Trinajstić information content (AvgIpc) is 2.69. The molecular weight excluding hydrogens is 382 g/mol. The molecule has 0 saturated carbocycles. The summed E-state index contributed by atoms with van der Waals surface area (Å²) in [5.41, 5.74) is 6.56. The largest absolute Gasteiger partial charge is 0.462 e. The number of rotatable bonds is 2. The highest BCUT2D eigenvalue weighted by molar-refractivity contribution is 5.71. The molecule has 0 radical (unpaired) electrons. The first-order valence-corrected chi connectivity index (χ1v) is 10.8. The monoisotopic (exact) mass is 411 g/mol. The van der Waals surface area contributed by atoms with E-state index >= 15 is 0 Å². The van der Waals surface area contributed by atoms with Crippen molar-refractivity contribution < 1.29 is 4.74 Å². The van der Waals surface area contributed by atoms with E-state index in [0.29, 0.717) is 17.1 Å². The Morgan fingerprint density at radius 2 is 2.00 bits per heavy atom. The molecule has 31 heavy (non-hydrogen) atoms. The van der Waals surface area contributed by atoms with Gasteiger partial charge in [0, 0.05) is 18.8 Å². The van der Waals surface area contributed by atoms with Crippen molar-refractivity contribution in [3.63, 3.8) is 0 Å². The predicted octanol–water partition coefficient (Wildman–Crippen LogP) is 6.28. The molecule has 158 valence electrons. The molecule has 4 nitrogen and oxygen atoms in total. The lowest BCUT2D eigenvalue weighted by Crippen LogP contribution is -2.46. The Balaban J connectivity index is 1.74. The number of anilines is 1. The van der Waals surface area contributed by atoms with Crippen molar-refractivity contribution in [3.8, 4) is 6.07 Å². The maximum absolute atomic E-state index is 9.20. The van der Waals surface area contributed by atoms with Crippen molar-refractivity contribution in [2.75, 3.05) is 18.0 Å². The van der Waals surface area contributed by atoms with Crippen LogP contribution < -0.4 is 4.90 Å². The molecule has 0 unspecified atom stereocenters. The number of ether oxygens (including phenoxy) is 1. The summed E-state index contributed by atoms with van der Waals surface area (Å²) >= 11 is 0. The van der Waals surface area contributed by atoms with E-state index in [-0.39, 0.29) is 16.5 Å². The minimum atomic E-state index is 0.0795. The zero-order chi connectivity index (χ0) is 22.4. The van der Waals surface area contributed by atoms with E-state index in [4.69, 9.17) is 11.3 Å². The van der Waals surface area contributed by atoms with Gasteiger partial charge in [0.2, 0.25) is 0 Å². The second-order valence-electron chi connectivity index (χ2n) is 10.2. The Bertz CT molecular complexity index is 1130. The summed E-state index contributed by atoms with van der Waals surface area (Å²) in [6.45, 7) is 20.7. The van der Waals surface area contributed by atoms with Gasteiger partial charge in [0.05, 0.1) is 12.6 Å². The molecule has 0 N–H and O–H groups in total. The standard InChI is InChI=1S/C27H29N3O/c1-18-11-20(24(16-28)29-6)14-22(31-18)8-7-19-12-21-15-26(2,3)17-30-10-9-27(4,5)23(13-19)25(21)30/h7-8,11-14H,9-10,15,17H2,1-5H3. The Morgan fingerprint density at radius 1 is 1.23 bits per heavy atom. The number of allylic oxidation sites excluding steroid dienone is 6. The minimum absolute atomic E-state index is 0.0795. The third-order valence-corrected chi connectivity index (χ3v) is 6.42. The maximum atomic E-state index is 9.20. The molecule has 3 aliphatic rings. The summed E-state index contributed by atoms with van der Waals surface area (Å²) in [6.07, 6.45) is 9.74. The first-order chi connectivity index (χ1) is 14.6. The van der Waals surface area contributed by atoms with E-state index in [1.54, 1.807) is 12.2 Å². The van der Waals surface area contributed by atoms with Gasteiger partial charge in [-0.05, 0) is 83.2 Å². The van der Waals surface area contributed by atoms with Gasteiger partial charge in [-0.15, -0.1) is 0 Å². The number of hydrogen-bond acceptors (Lipinski definition) is 3. The van der Waals surface area contributed by atoms with Crippen LogP contribution >= 0.6 is 0 Å². The van der Waals surface area contributed by atoms with Gasteiger partial charge in [-0.2, -0.15) is 0 Å². The first-order valence-electron chi connectivity index (χ1n) is 10.8. The van der Waals surface area contributed by atoms with Crippen molar-refractivity contribution in [3.05, 3.63) is 81.3 Å². The molecule has 3 aliphatic heterocycles. The van der Waals surface area contributed by atoms with Gasteiger partial charge in [0.1, 0.15) is 11.5 Å². The van der Waals surface area contributed by atoms with Crippen LogP contribution in [0.3, 0.4) is 0 Å². The molecule has 0 atom stereocenters. The number of hydrogen-bond donors (Lipinski definition) is 0. The van der Waals surface area contributed by atoms with Crippen LogP contribution in [-0.2, 0) is 16.6 Å². The Morgan fingerprint density at radius 3 is 2.71 bits per heavy atom. The molecule has 0 amide bonds. The van der Waals surface area contributed by atoms with Crippen molar-refractivity contribution in [1.82, 2.24) is 0 Å². The molecule has 0 spiro atoms. The van der Waals surface area contributed by atoms with Crippen LogP contribution in [0.4, 0.5) is 5.69 Å². The van der Waals surface area contributed by atoms with Crippen molar-refractivity contribution in [1.29, 1.82) is 5.26 Å². The molecule has 0 aromatic heterocycles. The van der Waals surface area contributed by atoms with Crippen LogP contribution in [0.1, 0.15) is 57.7 Å². The molecule has 0 fully saturated rings. The highest BCUT2D eigenvalue weighted by Crippen LogP contribution is 2.47. The van der Waals surface area contributed by atoms with Crippen LogP contribution in [0.15, 0.2) is 53.1 Å². The zero-order valence-electron chi connectivity index (χ0n) is 19.0.